The third kappa shape index (κ3) is 6.58. The highest BCUT2D eigenvalue weighted by molar-refractivity contribution is 7.76. The van der Waals surface area contributed by atoms with Crippen molar-refractivity contribution in [1.82, 2.24) is 4.98 Å². The fourth-order valence-electron chi connectivity index (χ4n) is 3.85. The predicted molar refractivity (Wildman–Crippen MR) is 122 cm³/mol. The van der Waals surface area contributed by atoms with Gasteiger partial charge in [-0.15, -0.1) is 0 Å². The maximum atomic E-state index is 12.8. The molecule has 0 saturated heterocycles. The quantitative estimate of drug-likeness (QED) is 0.179. The zero-order valence-electron chi connectivity index (χ0n) is 18.4. The van der Waals surface area contributed by atoms with Gasteiger partial charge in [0.15, 0.2) is 0 Å². The van der Waals surface area contributed by atoms with Crippen molar-refractivity contribution in [2.45, 2.75) is 71.9 Å². The van der Waals surface area contributed by atoms with Gasteiger partial charge >= 0.3 is 5.97 Å². The molecule has 28 heavy (non-hydrogen) atoms. The number of carbonyl (C=O) groups excluding carboxylic acids is 1. The molecule has 1 aromatic heterocycles. The second-order valence-electron chi connectivity index (χ2n) is 7.62. The number of carbonyl (C=O) groups is 1. The standard InChI is InChI=1S/C23H38NO3P/c1-6-9-16-28(17-10-7-2,18-11-8-3)19(4)21(23(26)27-5)22(25)20-12-14-24-15-13-20/h12-15,19H,6-11,16-18H2,1-5H3/p+1. The number of rotatable bonds is 13. The van der Waals surface area contributed by atoms with Crippen molar-refractivity contribution in [3.8, 4) is 0 Å². The first-order valence-corrected chi connectivity index (χ1v) is 13.2. The molecule has 1 N–H and O–H groups in total. The lowest BCUT2D eigenvalue weighted by molar-refractivity contribution is -0.136. The number of nitrogens with zero attached hydrogens (tertiary/aromatic N) is 1. The predicted octanol–water partition coefficient (Wildman–Crippen LogP) is 6.33. The van der Waals surface area contributed by atoms with Crippen LogP contribution in [0.5, 0.6) is 0 Å². The molecular formula is C23H39NO3P+. The Labute approximate surface area is 172 Å². The smallest absolute Gasteiger partial charge is 0.341 e. The van der Waals surface area contributed by atoms with Crippen LogP contribution in [0.15, 0.2) is 30.1 Å². The monoisotopic (exact) mass is 408 g/mol. The van der Waals surface area contributed by atoms with Gasteiger partial charge in [0.05, 0.1) is 25.6 Å². The van der Waals surface area contributed by atoms with Crippen LogP contribution in [0.1, 0.15) is 71.8 Å². The Kier molecular flexibility index (Phi) is 11.4. The molecule has 0 aliphatic heterocycles. The molecule has 1 aromatic rings. The van der Waals surface area contributed by atoms with Crippen LogP contribution in [-0.2, 0) is 9.53 Å². The second-order valence-corrected chi connectivity index (χ2v) is 12.2. The molecule has 0 amide bonds. The topological polar surface area (TPSA) is 59.4 Å². The SMILES string of the molecule is CCCC[P+](CCCC)(CCCC)C(C)/C(C(=O)OC)=C(\O)c1ccncc1. The number of aliphatic hydroxyl groups is 1. The van der Waals surface area contributed by atoms with Gasteiger partial charge in [0, 0.05) is 25.2 Å². The molecule has 0 aliphatic rings. The van der Waals surface area contributed by atoms with Gasteiger partial charge in [-0.2, -0.15) is 0 Å². The fraction of sp³-hybridized carbons (Fsp3) is 0.652. The van der Waals surface area contributed by atoms with Crippen LogP contribution in [-0.4, -0.2) is 47.3 Å². The molecule has 1 heterocycles. The van der Waals surface area contributed by atoms with Crippen molar-refractivity contribution in [3.63, 3.8) is 0 Å². The average molecular weight is 409 g/mol. The summed E-state index contributed by atoms with van der Waals surface area (Å²) in [6.07, 6.45) is 13.8. The Morgan fingerprint density at radius 1 is 1.04 bits per heavy atom. The number of methoxy groups -OCH3 is 1. The highest BCUT2D eigenvalue weighted by Gasteiger charge is 2.46. The van der Waals surface area contributed by atoms with E-state index in [-0.39, 0.29) is 11.4 Å². The molecule has 1 unspecified atom stereocenters. The Balaban J connectivity index is 3.48. The maximum Gasteiger partial charge on any atom is 0.341 e. The minimum absolute atomic E-state index is 0.0257. The van der Waals surface area contributed by atoms with Crippen LogP contribution in [0.4, 0.5) is 0 Å². The van der Waals surface area contributed by atoms with Gasteiger partial charge in [-0.25, -0.2) is 4.79 Å². The van der Waals surface area contributed by atoms with Crippen molar-refractivity contribution in [2.75, 3.05) is 25.6 Å². The van der Waals surface area contributed by atoms with Crippen molar-refractivity contribution < 1.29 is 14.6 Å². The maximum absolute atomic E-state index is 12.8. The van der Waals surface area contributed by atoms with E-state index in [1.165, 1.54) is 44.9 Å². The Hall–Kier alpha value is -1.41. The number of aromatic nitrogens is 1. The molecule has 4 nitrogen and oxygen atoms in total. The van der Waals surface area contributed by atoms with E-state index in [1.807, 2.05) is 0 Å². The molecule has 0 radical (unpaired) electrons. The number of hydrogen-bond acceptors (Lipinski definition) is 4. The Morgan fingerprint density at radius 2 is 1.50 bits per heavy atom. The minimum atomic E-state index is -1.47. The molecule has 1 rings (SSSR count). The molecule has 0 spiro atoms. The van der Waals surface area contributed by atoms with Gasteiger partial charge in [0.1, 0.15) is 17.0 Å². The molecule has 0 bridgehead atoms. The summed E-state index contributed by atoms with van der Waals surface area (Å²) in [7, 11) is -0.0667. The average Bonchev–Trinajstić information content (AvgIpc) is 2.73. The highest BCUT2D eigenvalue weighted by atomic mass is 31.2. The third-order valence-electron chi connectivity index (χ3n) is 5.72. The van der Waals surface area contributed by atoms with E-state index in [1.54, 1.807) is 24.5 Å². The first kappa shape index (κ1) is 24.6. The van der Waals surface area contributed by atoms with E-state index < -0.39 is 13.2 Å². The van der Waals surface area contributed by atoms with Gasteiger partial charge in [-0.05, 0) is 38.3 Å². The zero-order valence-corrected chi connectivity index (χ0v) is 19.3. The van der Waals surface area contributed by atoms with Gasteiger partial charge in [-0.3, -0.25) is 4.98 Å². The van der Waals surface area contributed by atoms with E-state index in [9.17, 15) is 9.90 Å². The number of ether oxygens (including phenoxy) is 1. The summed E-state index contributed by atoms with van der Waals surface area (Å²) in [4.78, 5) is 16.8. The van der Waals surface area contributed by atoms with Crippen LogP contribution >= 0.6 is 7.26 Å². The third-order valence-corrected chi connectivity index (χ3v) is 11.2. The van der Waals surface area contributed by atoms with Gasteiger partial charge in [0.2, 0.25) is 0 Å². The molecule has 0 fully saturated rings. The molecule has 5 heteroatoms. The molecule has 0 aliphatic carbocycles. The van der Waals surface area contributed by atoms with Crippen LogP contribution in [0.2, 0.25) is 0 Å². The van der Waals surface area contributed by atoms with Crippen LogP contribution in [0.25, 0.3) is 5.76 Å². The molecule has 158 valence electrons. The van der Waals surface area contributed by atoms with Crippen molar-refractivity contribution in [2.24, 2.45) is 0 Å². The number of pyridine rings is 1. The minimum Gasteiger partial charge on any atom is -0.507 e. The van der Waals surface area contributed by atoms with E-state index in [0.717, 1.165) is 19.3 Å². The lowest BCUT2D eigenvalue weighted by atomic mass is 10.1. The van der Waals surface area contributed by atoms with Gasteiger partial charge in [0.25, 0.3) is 0 Å². The van der Waals surface area contributed by atoms with Gasteiger partial charge in [-0.1, -0.05) is 40.0 Å². The summed E-state index contributed by atoms with van der Waals surface area (Å²) < 4.78 is 5.13. The summed E-state index contributed by atoms with van der Waals surface area (Å²) in [5.74, 6) is -0.355. The summed E-state index contributed by atoms with van der Waals surface area (Å²) in [6, 6.07) is 3.49. The van der Waals surface area contributed by atoms with E-state index in [2.05, 4.69) is 32.7 Å². The summed E-state index contributed by atoms with van der Waals surface area (Å²) in [6.45, 7) is 8.83. The normalized spacial score (nSPS) is 13.8. The molecular weight excluding hydrogens is 369 g/mol. The Morgan fingerprint density at radius 3 is 1.89 bits per heavy atom. The first-order chi connectivity index (χ1) is 13.5. The molecule has 0 aromatic carbocycles. The van der Waals surface area contributed by atoms with Crippen molar-refractivity contribution in [3.05, 3.63) is 35.7 Å². The van der Waals surface area contributed by atoms with E-state index in [4.69, 9.17) is 4.74 Å². The largest absolute Gasteiger partial charge is 0.507 e. The van der Waals surface area contributed by atoms with Crippen LogP contribution in [0, 0.1) is 0 Å². The zero-order chi connectivity index (χ0) is 21.0. The summed E-state index contributed by atoms with van der Waals surface area (Å²) >= 11 is 0. The first-order valence-electron chi connectivity index (χ1n) is 10.7. The lowest BCUT2D eigenvalue weighted by Crippen LogP contribution is -2.27. The number of aliphatic hydroxyl groups excluding tert-OH is 1. The second kappa shape index (κ2) is 12.9. The highest BCUT2D eigenvalue weighted by Crippen LogP contribution is 2.66. The molecule has 0 saturated carbocycles. The fourth-order valence-corrected chi connectivity index (χ4v) is 9.30. The summed E-state index contributed by atoms with van der Waals surface area (Å²) in [5.41, 5.74) is 1.10. The van der Waals surface area contributed by atoms with E-state index in [0.29, 0.717) is 11.1 Å². The van der Waals surface area contributed by atoms with Crippen molar-refractivity contribution in [1.29, 1.82) is 0 Å². The van der Waals surface area contributed by atoms with Crippen LogP contribution in [0.3, 0.4) is 0 Å². The number of esters is 1. The summed E-state index contributed by atoms with van der Waals surface area (Å²) in [5, 5.41) is 11.1. The van der Waals surface area contributed by atoms with E-state index >= 15 is 0 Å². The van der Waals surface area contributed by atoms with Gasteiger partial charge < -0.3 is 9.84 Å². The lowest BCUT2D eigenvalue weighted by Gasteiger charge is -2.34. The molecule has 1 atom stereocenters. The van der Waals surface area contributed by atoms with Crippen LogP contribution < -0.4 is 0 Å². The number of hydrogen-bond donors (Lipinski definition) is 1. The number of unbranched alkanes of at least 4 members (excludes halogenated alkanes) is 3. The Bertz CT molecular complexity index is 594. The van der Waals surface area contributed by atoms with Crippen molar-refractivity contribution >= 4 is 19.0 Å².